The molecule has 0 saturated heterocycles. The second-order valence-corrected chi connectivity index (χ2v) is 5.12. The number of aromatic nitrogens is 1. The zero-order chi connectivity index (χ0) is 14.4. The molecule has 1 unspecified atom stereocenters. The Morgan fingerprint density at radius 3 is 2.35 bits per heavy atom. The van der Waals surface area contributed by atoms with E-state index in [9.17, 15) is 9.90 Å². The number of hydrogen-bond acceptors (Lipinski definition) is 2. The number of rotatable bonds is 6. The average Bonchev–Trinajstić information content (AvgIpc) is 2.46. The number of aliphatic carboxylic acids is 1. The van der Waals surface area contributed by atoms with Crippen molar-refractivity contribution in [2.45, 2.75) is 26.2 Å². The van der Waals surface area contributed by atoms with Gasteiger partial charge in [-0.15, -0.1) is 0 Å². The van der Waals surface area contributed by atoms with Crippen molar-refractivity contribution < 1.29 is 9.90 Å². The van der Waals surface area contributed by atoms with Gasteiger partial charge in [-0.3, -0.25) is 9.78 Å². The molecule has 1 N–H and O–H groups in total. The van der Waals surface area contributed by atoms with Crippen molar-refractivity contribution in [3.63, 3.8) is 0 Å². The Morgan fingerprint density at radius 1 is 1.10 bits per heavy atom. The van der Waals surface area contributed by atoms with E-state index in [2.05, 4.69) is 4.98 Å². The van der Waals surface area contributed by atoms with E-state index in [4.69, 9.17) is 0 Å². The Hall–Kier alpha value is -2.16. The van der Waals surface area contributed by atoms with Crippen molar-refractivity contribution in [3.8, 4) is 0 Å². The smallest absolute Gasteiger partial charge is 0.306 e. The van der Waals surface area contributed by atoms with Gasteiger partial charge in [0.1, 0.15) is 0 Å². The zero-order valence-corrected chi connectivity index (χ0v) is 11.6. The molecule has 0 aliphatic heterocycles. The van der Waals surface area contributed by atoms with Gasteiger partial charge in [-0.05, 0) is 49.4 Å². The molecule has 0 saturated carbocycles. The molecule has 2 aromatic rings. The minimum Gasteiger partial charge on any atom is -0.481 e. The highest BCUT2D eigenvalue weighted by Gasteiger charge is 2.17. The number of carboxylic acids is 1. The number of aryl methyl sites for hydroxylation is 2. The van der Waals surface area contributed by atoms with E-state index in [0.29, 0.717) is 12.8 Å². The lowest BCUT2D eigenvalue weighted by Gasteiger charge is -2.12. The monoisotopic (exact) mass is 269 g/mol. The van der Waals surface area contributed by atoms with Gasteiger partial charge in [-0.2, -0.15) is 0 Å². The number of benzene rings is 1. The summed E-state index contributed by atoms with van der Waals surface area (Å²) in [6, 6.07) is 11.9. The van der Waals surface area contributed by atoms with Crippen molar-refractivity contribution in [3.05, 3.63) is 65.5 Å². The molecule has 2 rings (SSSR count). The maximum atomic E-state index is 11.4. The van der Waals surface area contributed by atoms with Crippen molar-refractivity contribution in [1.82, 2.24) is 4.98 Å². The average molecular weight is 269 g/mol. The molecule has 0 aliphatic rings. The molecule has 0 bridgehead atoms. The highest BCUT2D eigenvalue weighted by Crippen LogP contribution is 2.16. The molecule has 3 heteroatoms. The Morgan fingerprint density at radius 2 is 1.75 bits per heavy atom. The molecule has 0 amide bonds. The fraction of sp³-hybridized carbons (Fsp3) is 0.294. The van der Waals surface area contributed by atoms with Gasteiger partial charge in [-0.25, -0.2) is 0 Å². The summed E-state index contributed by atoms with van der Waals surface area (Å²) in [6.45, 7) is 2.03. The number of carbonyl (C=O) groups is 1. The largest absolute Gasteiger partial charge is 0.481 e. The van der Waals surface area contributed by atoms with Crippen LogP contribution in [0, 0.1) is 12.8 Å². The molecule has 1 atom stereocenters. The lowest BCUT2D eigenvalue weighted by atomic mass is 9.93. The summed E-state index contributed by atoms with van der Waals surface area (Å²) < 4.78 is 0. The molecule has 104 valence electrons. The SMILES string of the molecule is Cc1ccc(CC(CCc2ccncc2)C(=O)O)cc1. The van der Waals surface area contributed by atoms with Crippen molar-refractivity contribution in [2.75, 3.05) is 0 Å². The predicted molar refractivity (Wildman–Crippen MR) is 78.6 cm³/mol. The fourth-order valence-corrected chi connectivity index (χ4v) is 2.21. The highest BCUT2D eigenvalue weighted by atomic mass is 16.4. The van der Waals surface area contributed by atoms with Crippen molar-refractivity contribution >= 4 is 5.97 Å². The zero-order valence-electron chi connectivity index (χ0n) is 11.6. The van der Waals surface area contributed by atoms with Crippen LogP contribution in [-0.4, -0.2) is 16.1 Å². The molecule has 1 aromatic carbocycles. The Bertz CT molecular complexity index is 549. The predicted octanol–water partition coefficient (Wildman–Crippen LogP) is 3.27. The number of pyridine rings is 1. The van der Waals surface area contributed by atoms with Crippen LogP contribution < -0.4 is 0 Å². The van der Waals surface area contributed by atoms with Crippen LogP contribution >= 0.6 is 0 Å². The third kappa shape index (κ3) is 4.19. The van der Waals surface area contributed by atoms with Crippen molar-refractivity contribution in [1.29, 1.82) is 0 Å². The van der Waals surface area contributed by atoms with Crippen molar-refractivity contribution in [2.24, 2.45) is 5.92 Å². The van der Waals surface area contributed by atoms with Gasteiger partial charge in [0.15, 0.2) is 0 Å². The first-order chi connectivity index (χ1) is 9.65. The number of carboxylic acid groups (broad SMARTS) is 1. The molecular weight excluding hydrogens is 250 g/mol. The van der Waals surface area contributed by atoms with E-state index in [1.165, 1.54) is 5.56 Å². The molecule has 3 nitrogen and oxygen atoms in total. The lowest BCUT2D eigenvalue weighted by molar-refractivity contribution is -0.141. The van der Waals surface area contributed by atoms with Crippen LogP contribution in [0.4, 0.5) is 0 Å². The normalized spacial score (nSPS) is 12.1. The van der Waals surface area contributed by atoms with E-state index < -0.39 is 5.97 Å². The van der Waals surface area contributed by atoms with Gasteiger partial charge in [-0.1, -0.05) is 29.8 Å². The standard InChI is InChI=1S/C17H19NO2/c1-13-2-4-15(5-3-13)12-16(17(19)20)7-6-14-8-10-18-11-9-14/h2-5,8-11,16H,6-7,12H2,1H3,(H,19,20). The first-order valence-electron chi connectivity index (χ1n) is 6.82. The van der Waals surface area contributed by atoms with E-state index in [0.717, 1.165) is 17.5 Å². The lowest BCUT2D eigenvalue weighted by Crippen LogP contribution is -2.17. The summed E-state index contributed by atoms with van der Waals surface area (Å²) in [4.78, 5) is 15.3. The topological polar surface area (TPSA) is 50.2 Å². The van der Waals surface area contributed by atoms with Crippen LogP contribution in [0.5, 0.6) is 0 Å². The Labute approximate surface area is 119 Å². The van der Waals surface area contributed by atoms with Crippen LogP contribution in [0.15, 0.2) is 48.8 Å². The van der Waals surface area contributed by atoms with E-state index in [1.54, 1.807) is 12.4 Å². The van der Waals surface area contributed by atoms with Gasteiger partial charge in [0.25, 0.3) is 0 Å². The van der Waals surface area contributed by atoms with Gasteiger partial charge in [0.2, 0.25) is 0 Å². The summed E-state index contributed by atoms with van der Waals surface area (Å²) in [7, 11) is 0. The quantitative estimate of drug-likeness (QED) is 0.875. The third-order valence-corrected chi connectivity index (χ3v) is 3.48. The summed E-state index contributed by atoms with van der Waals surface area (Å²) >= 11 is 0. The molecular formula is C17H19NO2. The minimum atomic E-state index is -0.723. The molecule has 0 spiro atoms. The number of hydrogen-bond donors (Lipinski definition) is 1. The summed E-state index contributed by atoms with van der Waals surface area (Å²) in [5, 5.41) is 9.35. The number of nitrogens with zero attached hydrogens (tertiary/aromatic N) is 1. The van der Waals surface area contributed by atoms with Gasteiger partial charge in [0.05, 0.1) is 5.92 Å². The van der Waals surface area contributed by atoms with E-state index >= 15 is 0 Å². The second kappa shape index (κ2) is 6.85. The maximum absolute atomic E-state index is 11.4. The molecule has 1 heterocycles. The van der Waals surface area contributed by atoms with Gasteiger partial charge in [0, 0.05) is 12.4 Å². The highest BCUT2D eigenvalue weighted by molar-refractivity contribution is 5.70. The summed E-state index contributed by atoms with van der Waals surface area (Å²) in [6.07, 6.45) is 5.48. The molecule has 0 radical (unpaired) electrons. The molecule has 0 fully saturated rings. The van der Waals surface area contributed by atoms with Crippen LogP contribution in [-0.2, 0) is 17.6 Å². The summed E-state index contributed by atoms with van der Waals surface area (Å²) in [5.41, 5.74) is 3.41. The summed E-state index contributed by atoms with van der Waals surface area (Å²) in [5.74, 6) is -1.06. The van der Waals surface area contributed by atoms with Gasteiger partial charge < -0.3 is 5.11 Å². The van der Waals surface area contributed by atoms with Crippen LogP contribution in [0.1, 0.15) is 23.1 Å². The molecule has 0 aliphatic carbocycles. The first kappa shape index (κ1) is 14.3. The first-order valence-corrected chi connectivity index (χ1v) is 6.82. The molecule has 20 heavy (non-hydrogen) atoms. The fourth-order valence-electron chi connectivity index (χ4n) is 2.21. The van der Waals surface area contributed by atoms with Crippen LogP contribution in [0.2, 0.25) is 0 Å². The maximum Gasteiger partial charge on any atom is 0.306 e. The van der Waals surface area contributed by atoms with Crippen LogP contribution in [0.3, 0.4) is 0 Å². The van der Waals surface area contributed by atoms with E-state index in [-0.39, 0.29) is 5.92 Å². The Balaban J connectivity index is 1.97. The third-order valence-electron chi connectivity index (χ3n) is 3.48. The van der Waals surface area contributed by atoms with Gasteiger partial charge >= 0.3 is 5.97 Å². The Kier molecular flexibility index (Phi) is 4.88. The van der Waals surface area contributed by atoms with E-state index in [1.807, 2.05) is 43.3 Å². The van der Waals surface area contributed by atoms with Crippen LogP contribution in [0.25, 0.3) is 0 Å². The minimum absolute atomic E-state index is 0.342. The molecule has 1 aromatic heterocycles. The second-order valence-electron chi connectivity index (χ2n) is 5.12.